The summed E-state index contributed by atoms with van der Waals surface area (Å²) in [5.74, 6) is -0.830. The fourth-order valence-corrected chi connectivity index (χ4v) is 2.83. The number of hydrogen-bond acceptors (Lipinski definition) is 3. The number of halogens is 3. The van der Waals surface area contributed by atoms with E-state index in [1.54, 1.807) is 6.07 Å². The molecule has 0 saturated heterocycles. The van der Waals surface area contributed by atoms with Gasteiger partial charge in [-0.15, -0.1) is 0 Å². The molecule has 1 aliphatic heterocycles. The lowest BCUT2D eigenvalue weighted by Gasteiger charge is -2.28. The highest BCUT2D eigenvalue weighted by Gasteiger charge is 2.48. The molecule has 1 atom stereocenters. The summed E-state index contributed by atoms with van der Waals surface area (Å²) in [5.41, 5.74) is 0.289. The summed E-state index contributed by atoms with van der Waals surface area (Å²) >= 11 is 0. The summed E-state index contributed by atoms with van der Waals surface area (Å²) in [7, 11) is 0. The maximum atomic E-state index is 13.2. The van der Waals surface area contributed by atoms with Crippen molar-refractivity contribution in [1.82, 2.24) is 0 Å². The first-order chi connectivity index (χ1) is 12.2. The minimum Gasteiger partial charge on any atom is -0.493 e. The van der Waals surface area contributed by atoms with E-state index in [0.717, 1.165) is 24.5 Å². The van der Waals surface area contributed by atoms with Crippen molar-refractivity contribution in [2.45, 2.75) is 52.3 Å². The van der Waals surface area contributed by atoms with Crippen LogP contribution in [0.3, 0.4) is 0 Å². The van der Waals surface area contributed by atoms with Crippen molar-refractivity contribution in [3.05, 3.63) is 28.8 Å². The van der Waals surface area contributed by atoms with E-state index in [4.69, 9.17) is 14.6 Å². The molecule has 0 fully saturated rings. The number of carboxylic acids is 1. The number of aryl methyl sites for hydroxylation is 1. The minimum absolute atomic E-state index is 0.0194. The van der Waals surface area contributed by atoms with Crippen molar-refractivity contribution in [1.29, 1.82) is 0 Å². The summed E-state index contributed by atoms with van der Waals surface area (Å²) in [6, 6.07) is 3.07. The van der Waals surface area contributed by atoms with Gasteiger partial charge in [0.2, 0.25) is 6.10 Å². The molecule has 0 spiro atoms. The smallest absolute Gasteiger partial charge is 0.430 e. The number of carbonyl (C=O) groups is 1. The zero-order valence-electron chi connectivity index (χ0n) is 15.0. The van der Waals surface area contributed by atoms with E-state index < -0.39 is 23.8 Å². The molecule has 0 bridgehead atoms. The molecule has 2 rings (SSSR count). The number of fused-ring (bicyclic) bond motifs is 1. The summed E-state index contributed by atoms with van der Waals surface area (Å²) in [6.07, 6.45) is -3.79. The Morgan fingerprint density at radius 3 is 2.42 bits per heavy atom. The van der Waals surface area contributed by atoms with E-state index in [1.165, 1.54) is 6.07 Å². The van der Waals surface area contributed by atoms with Crippen molar-refractivity contribution < 1.29 is 32.5 Å². The van der Waals surface area contributed by atoms with Gasteiger partial charge in [0.1, 0.15) is 11.5 Å². The largest absolute Gasteiger partial charge is 0.493 e. The SMILES string of the molecule is CCc1cc2c(cc1OCC(CC)CC)OC(C(F)(F)F)C(C(=O)O)=C2. The first kappa shape index (κ1) is 20.1. The van der Waals surface area contributed by atoms with E-state index >= 15 is 0 Å². The predicted octanol–water partition coefficient (Wildman–Crippen LogP) is 4.86. The van der Waals surface area contributed by atoms with Crippen LogP contribution in [0.2, 0.25) is 0 Å². The lowest BCUT2D eigenvalue weighted by Crippen LogP contribution is -2.40. The fourth-order valence-electron chi connectivity index (χ4n) is 2.83. The summed E-state index contributed by atoms with van der Waals surface area (Å²) in [4.78, 5) is 11.2. The standard InChI is InChI=1S/C19H23F3O4/c1-4-11(5-2)10-25-15-9-16-13(7-12(15)6-3)8-14(18(23)24)17(26-16)19(20,21)22/h7-9,11,17H,4-6,10H2,1-3H3,(H,23,24). The molecular weight excluding hydrogens is 349 g/mol. The second kappa shape index (κ2) is 8.01. The zero-order valence-corrected chi connectivity index (χ0v) is 15.0. The van der Waals surface area contributed by atoms with Gasteiger partial charge in [-0.05, 0) is 30.0 Å². The molecule has 1 aliphatic rings. The Morgan fingerprint density at radius 1 is 1.27 bits per heavy atom. The Labute approximate surface area is 150 Å². The van der Waals surface area contributed by atoms with E-state index in [0.29, 0.717) is 30.3 Å². The molecule has 1 unspecified atom stereocenters. The van der Waals surface area contributed by atoms with Gasteiger partial charge in [0, 0.05) is 11.6 Å². The third-order valence-electron chi connectivity index (χ3n) is 4.59. The van der Waals surface area contributed by atoms with Gasteiger partial charge in [-0.25, -0.2) is 4.79 Å². The van der Waals surface area contributed by atoms with Crippen LogP contribution in [0.15, 0.2) is 17.7 Å². The molecule has 1 aromatic carbocycles. The molecule has 7 heteroatoms. The number of ether oxygens (including phenoxy) is 2. The maximum Gasteiger partial charge on any atom is 0.430 e. The highest BCUT2D eigenvalue weighted by molar-refractivity contribution is 5.95. The summed E-state index contributed by atoms with van der Waals surface area (Å²) < 4.78 is 50.4. The molecule has 0 aliphatic carbocycles. The first-order valence-corrected chi connectivity index (χ1v) is 8.69. The third-order valence-corrected chi connectivity index (χ3v) is 4.59. The molecule has 1 heterocycles. The minimum atomic E-state index is -4.82. The Balaban J connectivity index is 2.40. The molecule has 26 heavy (non-hydrogen) atoms. The molecular formula is C19H23F3O4. The van der Waals surface area contributed by atoms with E-state index in [1.807, 2.05) is 6.92 Å². The number of hydrogen-bond donors (Lipinski definition) is 1. The van der Waals surface area contributed by atoms with Crippen LogP contribution in [0.5, 0.6) is 11.5 Å². The van der Waals surface area contributed by atoms with Crippen molar-refractivity contribution in [2.24, 2.45) is 5.92 Å². The van der Waals surface area contributed by atoms with Crippen LogP contribution in [0.4, 0.5) is 13.2 Å². The van der Waals surface area contributed by atoms with Crippen molar-refractivity contribution in [2.75, 3.05) is 6.61 Å². The van der Waals surface area contributed by atoms with Crippen LogP contribution >= 0.6 is 0 Å². The zero-order chi connectivity index (χ0) is 19.5. The van der Waals surface area contributed by atoms with Crippen molar-refractivity contribution in [3.63, 3.8) is 0 Å². The number of alkyl halides is 3. The average molecular weight is 372 g/mol. The Kier molecular flexibility index (Phi) is 6.21. The topological polar surface area (TPSA) is 55.8 Å². The van der Waals surface area contributed by atoms with Gasteiger partial charge < -0.3 is 14.6 Å². The molecule has 1 aromatic rings. The molecule has 0 saturated carbocycles. The second-order valence-corrected chi connectivity index (χ2v) is 6.29. The van der Waals surface area contributed by atoms with Crippen LogP contribution in [0.25, 0.3) is 6.08 Å². The summed E-state index contributed by atoms with van der Waals surface area (Å²) in [5, 5.41) is 9.11. The lowest BCUT2D eigenvalue weighted by atomic mass is 9.98. The molecule has 0 aromatic heterocycles. The monoisotopic (exact) mass is 372 g/mol. The molecule has 0 amide bonds. The molecule has 0 radical (unpaired) electrons. The average Bonchev–Trinajstić information content (AvgIpc) is 2.59. The lowest BCUT2D eigenvalue weighted by molar-refractivity contribution is -0.187. The summed E-state index contributed by atoms with van der Waals surface area (Å²) in [6.45, 7) is 6.48. The van der Waals surface area contributed by atoms with Crippen LogP contribution in [0, 0.1) is 5.92 Å². The molecule has 144 valence electrons. The first-order valence-electron chi connectivity index (χ1n) is 8.69. The van der Waals surface area contributed by atoms with Gasteiger partial charge in [-0.1, -0.05) is 33.6 Å². The number of benzene rings is 1. The van der Waals surface area contributed by atoms with Crippen LogP contribution in [-0.4, -0.2) is 30.0 Å². The van der Waals surface area contributed by atoms with Gasteiger partial charge in [-0.3, -0.25) is 0 Å². The highest BCUT2D eigenvalue weighted by Crippen LogP contribution is 2.40. The predicted molar refractivity (Wildman–Crippen MR) is 91.5 cm³/mol. The van der Waals surface area contributed by atoms with Crippen LogP contribution in [-0.2, 0) is 11.2 Å². The van der Waals surface area contributed by atoms with Gasteiger partial charge in [0.15, 0.2) is 0 Å². The van der Waals surface area contributed by atoms with Gasteiger partial charge in [0.05, 0.1) is 12.2 Å². The number of rotatable bonds is 7. The molecule has 1 N–H and O–H groups in total. The number of aliphatic carboxylic acids is 1. The van der Waals surface area contributed by atoms with Crippen molar-refractivity contribution in [3.8, 4) is 11.5 Å². The number of carboxylic acid groups (broad SMARTS) is 1. The third kappa shape index (κ3) is 4.31. The quantitative estimate of drug-likeness (QED) is 0.743. The fraction of sp³-hybridized carbons (Fsp3) is 0.526. The maximum absolute atomic E-state index is 13.2. The Morgan fingerprint density at radius 2 is 1.92 bits per heavy atom. The van der Waals surface area contributed by atoms with Gasteiger partial charge in [0.25, 0.3) is 0 Å². The highest BCUT2D eigenvalue weighted by atomic mass is 19.4. The van der Waals surface area contributed by atoms with Crippen molar-refractivity contribution >= 4 is 12.0 Å². The van der Waals surface area contributed by atoms with E-state index in [9.17, 15) is 18.0 Å². The van der Waals surface area contributed by atoms with Gasteiger partial charge in [-0.2, -0.15) is 13.2 Å². The Hall–Kier alpha value is -2.18. The van der Waals surface area contributed by atoms with E-state index in [2.05, 4.69) is 13.8 Å². The van der Waals surface area contributed by atoms with Crippen LogP contribution in [0.1, 0.15) is 44.7 Å². The normalized spacial score (nSPS) is 16.7. The Bertz CT molecular complexity index is 691. The second-order valence-electron chi connectivity index (χ2n) is 6.29. The van der Waals surface area contributed by atoms with E-state index in [-0.39, 0.29) is 5.75 Å². The molecule has 4 nitrogen and oxygen atoms in total. The van der Waals surface area contributed by atoms with Crippen LogP contribution < -0.4 is 9.47 Å². The van der Waals surface area contributed by atoms with Gasteiger partial charge >= 0.3 is 12.1 Å².